The molecule has 3 aromatic rings. The highest BCUT2D eigenvalue weighted by atomic mass is 32.1. The molecule has 0 bridgehead atoms. The minimum atomic E-state index is -4.47. The van der Waals surface area contributed by atoms with Crippen LogP contribution in [0.25, 0.3) is 6.20 Å². The van der Waals surface area contributed by atoms with Gasteiger partial charge in [-0.1, -0.05) is 6.07 Å². The van der Waals surface area contributed by atoms with E-state index in [0.717, 1.165) is 53.8 Å². The molecule has 2 atom stereocenters. The van der Waals surface area contributed by atoms with E-state index in [1.807, 2.05) is 12.3 Å². The van der Waals surface area contributed by atoms with Gasteiger partial charge < -0.3 is 4.90 Å². The molecule has 2 unspecified atom stereocenters. The molecule has 0 saturated carbocycles. The van der Waals surface area contributed by atoms with E-state index in [-0.39, 0.29) is 17.8 Å². The number of halogens is 3. The van der Waals surface area contributed by atoms with E-state index in [1.54, 1.807) is 36.7 Å². The first-order valence-electron chi connectivity index (χ1n) is 12.6. The Morgan fingerprint density at radius 1 is 1.25 bits per heavy atom. The molecule has 0 radical (unpaired) electrons. The molecular weight excluding hydrogens is 567 g/mol. The van der Waals surface area contributed by atoms with Gasteiger partial charge >= 0.3 is 6.18 Å². The number of nitro benzene ring substituents is 1. The van der Waals surface area contributed by atoms with E-state index >= 15 is 0 Å². The monoisotopic (exact) mass is 596 g/mol. The van der Waals surface area contributed by atoms with E-state index in [1.165, 1.54) is 10.7 Å². The zero-order valence-corrected chi connectivity index (χ0v) is 23.6. The van der Waals surface area contributed by atoms with Crippen LogP contribution in [0.15, 0.2) is 29.8 Å². The lowest BCUT2D eigenvalue weighted by atomic mass is 9.98. The summed E-state index contributed by atoms with van der Waals surface area (Å²) in [6.45, 7) is 5.38. The first kappa shape index (κ1) is 28.5. The molecule has 1 saturated heterocycles. The zero-order chi connectivity index (χ0) is 28.6. The van der Waals surface area contributed by atoms with Crippen LogP contribution < -0.4 is 10.6 Å². The molecule has 10 nitrogen and oxygen atoms in total. The van der Waals surface area contributed by atoms with Crippen LogP contribution in [0.1, 0.15) is 69.9 Å². The first-order valence-corrected chi connectivity index (χ1v) is 13.9. The second kappa shape index (κ2) is 11.5. The lowest BCUT2D eigenvalue weighted by Gasteiger charge is -2.30. The highest BCUT2D eigenvalue weighted by Crippen LogP contribution is 2.37. The highest BCUT2D eigenvalue weighted by molar-refractivity contribution is 7.53. The summed E-state index contributed by atoms with van der Waals surface area (Å²) in [7, 11) is 0. The van der Waals surface area contributed by atoms with Crippen molar-refractivity contribution in [2.24, 2.45) is 0 Å². The second-order valence-electron chi connectivity index (χ2n) is 9.86. The molecule has 2 N–H and O–H groups in total. The van der Waals surface area contributed by atoms with Gasteiger partial charge in [-0.15, -0.1) is 11.3 Å². The van der Waals surface area contributed by atoms with E-state index in [4.69, 9.17) is 9.17 Å². The lowest BCUT2D eigenvalue weighted by molar-refractivity contribution is -0.386. The maximum atomic E-state index is 12.9. The average molecular weight is 597 g/mol. The topological polar surface area (TPSA) is 110 Å². The molecule has 0 spiro atoms. The number of likely N-dealkylation sites (tertiary alicyclic amines) is 1. The van der Waals surface area contributed by atoms with Crippen LogP contribution in [-0.4, -0.2) is 37.7 Å². The van der Waals surface area contributed by atoms with Crippen LogP contribution in [-0.2, 0) is 29.8 Å². The molecule has 15 heteroatoms. The number of benzene rings is 1. The van der Waals surface area contributed by atoms with E-state index in [9.17, 15) is 23.3 Å². The Labute approximate surface area is 238 Å². The maximum absolute atomic E-state index is 12.9. The van der Waals surface area contributed by atoms with Gasteiger partial charge in [0.25, 0.3) is 5.69 Å². The van der Waals surface area contributed by atoms with Crippen LogP contribution in [0.2, 0.25) is 0 Å². The summed E-state index contributed by atoms with van der Waals surface area (Å²) in [6.07, 6.45) is -0.599. The fourth-order valence-electron chi connectivity index (χ4n) is 5.08. The number of piperidine rings is 1. The quantitative estimate of drug-likeness (QED) is 0.243. The maximum Gasteiger partial charge on any atom is 0.435 e. The van der Waals surface area contributed by atoms with Gasteiger partial charge in [0, 0.05) is 55.1 Å². The Bertz CT molecular complexity index is 1420. The Kier molecular flexibility index (Phi) is 8.20. The number of aryl methyl sites for hydroxylation is 2. The SMILES string of the molecule is Cc1ccc([N+](=O)[O-])c2c1CNC(c1csc(C3CCN(C=Cn4nc(C(F)(F)F)cc4C)CC3)n1)NC2O[SH2+]. The van der Waals surface area contributed by atoms with Crippen molar-refractivity contribution in [3.8, 4) is 0 Å². The minimum Gasteiger partial charge on any atom is -0.376 e. The molecule has 1 aromatic carbocycles. The van der Waals surface area contributed by atoms with Gasteiger partial charge in [-0.2, -0.15) is 22.5 Å². The highest BCUT2D eigenvalue weighted by Gasteiger charge is 2.36. The molecule has 2 aliphatic rings. The summed E-state index contributed by atoms with van der Waals surface area (Å²) < 4.78 is 45.5. The second-order valence-corrected chi connectivity index (χ2v) is 11.0. The molecule has 0 amide bonds. The van der Waals surface area contributed by atoms with Gasteiger partial charge in [0.15, 0.2) is 11.9 Å². The number of hydrogen-bond donors (Lipinski definition) is 2. The predicted octanol–water partition coefficient (Wildman–Crippen LogP) is 4.52. The smallest absolute Gasteiger partial charge is 0.376 e. The Morgan fingerprint density at radius 3 is 2.65 bits per heavy atom. The summed E-state index contributed by atoms with van der Waals surface area (Å²) >= 11 is 4.67. The number of hydrogen-bond acceptors (Lipinski definition) is 9. The van der Waals surface area contributed by atoms with Crippen molar-refractivity contribution < 1.29 is 22.3 Å². The number of fused-ring (bicyclic) bond motifs is 1. The number of nitrogens with zero attached hydrogens (tertiary/aromatic N) is 5. The van der Waals surface area contributed by atoms with Gasteiger partial charge in [-0.25, -0.2) is 9.67 Å². The number of nitro groups is 1. The summed E-state index contributed by atoms with van der Waals surface area (Å²) in [5, 5.41) is 25.0. The summed E-state index contributed by atoms with van der Waals surface area (Å²) in [5.74, 6) is 0.251. The van der Waals surface area contributed by atoms with Crippen LogP contribution in [0.5, 0.6) is 0 Å². The summed E-state index contributed by atoms with van der Waals surface area (Å²) in [6, 6.07) is 4.26. The zero-order valence-electron chi connectivity index (χ0n) is 21.7. The standard InChI is InChI=1S/C25H28F3N7O3S2/c1-14-3-4-19(35(36)37)21-17(14)12-29-22(31-23(21)38-39)18-13-40-24(30-18)16-5-7-33(8-6-16)9-10-34-15(2)11-20(32-34)25(26,27)28/h3-4,9-11,13,16,22-23,29,31,39H,5-8,12H2,1-2H3/p+1. The number of aromatic nitrogens is 3. The largest absolute Gasteiger partial charge is 0.435 e. The normalized spacial score (nSPS) is 20.6. The molecule has 2 aliphatic heterocycles. The molecule has 2 aromatic heterocycles. The van der Waals surface area contributed by atoms with Crippen molar-refractivity contribution in [2.45, 2.75) is 57.7 Å². The fourth-order valence-corrected chi connectivity index (χ4v) is 6.28. The van der Waals surface area contributed by atoms with Crippen molar-refractivity contribution in [2.75, 3.05) is 13.1 Å². The van der Waals surface area contributed by atoms with E-state index < -0.39 is 23.0 Å². The van der Waals surface area contributed by atoms with Crippen molar-refractivity contribution >= 4 is 36.1 Å². The van der Waals surface area contributed by atoms with Gasteiger partial charge in [0.2, 0.25) is 0 Å². The molecular formula is C25H29F3N7O3S2+. The fraction of sp³-hybridized carbons (Fsp3) is 0.440. The molecule has 4 heterocycles. The summed E-state index contributed by atoms with van der Waals surface area (Å²) in [5.41, 5.74) is 2.48. The van der Waals surface area contributed by atoms with Crippen LogP contribution >= 0.6 is 11.3 Å². The van der Waals surface area contributed by atoms with E-state index in [2.05, 4.69) is 33.5 Å². The van der Waals surface area contributed by atoms with E-state index in [0.29, 0.717) is 17.8 Å². The number of thiazole rings is 1. The Hall–Kier alpha value is -2.98. The third kappa shape index (κ3) is 5.88. The molecule has 40 heavy (non-hydrogen) atoms. The minimum absolute atomic E-state index is 0.0120. The van der Waals surface area contributed by atoms with Crippen molar-refractivity contribution in [1.82, 2.24) is 30.3 Å². The van der Waals surface area contributed by atoms with Crippen molar-refractivity contribution in [3.05, 3.63) is 78.7 Å². The number of alkyl halides is 3. The van der Waals surface area contributed by atoms with Gasteiger partial charge in [-0.05, 0) is 43.9 Å². The van der Waals surface area contributed by atoms with Crippen molar-refractivity contribution in [1.29, 1.82) is 0 Å². The van der Waals surface area contributed by atoms with Gasteiger partial charge in [0.05, 0.1) is 21.2 Å². The molecule has 5 rings (SSSR count). The third-order valence-electron chi connectivity index (χ3n) is 7.29. The summed E-state index contributed by atoms with van der Waals surface area (Å²) in [4.78, 5) is 18.3. The molecule has 1 fully saturated rings. The van der Waals surface area contributed by atoms with Crippen molar-refractivity contribution in [3.63, 3.8) is 0 Å². The third-order valence-corrected chi connectivity index (χ3v) is 8.55. The molecule has 0 aliphatic carbocycles. The van der Waals surface area contributed by atoms with Gasteiger partial charge in [0.1, 0.15) is 19.1 Å². The van der Waals surface area contributed by atoms with Crippen LogP contribution in [0.3, 0.4) is 0 Å². The lowest BCUT2D eigenvalue weighted by Crippen LogP contribution is -2.34. The average Bonchev–Trinajstić information content (AvgIpc) is 3.50. The molecule has 214 valence electrons. The van der Waals surface area contributed by atoms with Crippen LogP contribution in [0.4, 0.5) is 18.9 Å². The van der Waals surface area contributed by atoms with Crippen LogP contribution in [0, 0.1) is 24.0 Å². The first-order chi connectivity index (χ1) is 19.0. The number of nitrogens with one attached hydrogen (secondary N) is 2. The predicted molar refractivity (Wildman–Crippen MR) is 147 cm³/mol. The Balaban J connectivity index is 1.23. The number of rotatable bonds is 6. The Morgan fingerprint density at radius 2 is 2.00 bits per heavy atom. The van der Waals surface area contributed by atoms with Gasteiger partial charge in [-0.3, -0.25) is 20.7 Å².